The van der Waals surface area contributed by atoms with E-state index >= 15 is 0 Å². The first-order valence-corrected chi connectivity index (χ1v) is 7.59. The van der Waals surface area contributed by atoms with Crippen LogP contribution in [0.2, 0.25) is 0 Å². The first kappa shape index (κ1) is 12.4. The van der Waals surface area contributed by atoms with Gasteiger partial charge in [-0.25, -0.2) is 10.1 Å². The van der Waals surface area contributed by atoms with Gasteiger partial charge in [-0.3, -0.25) is 4.40 Å². The van der Waals surface area contributed by atoms with Gasteiger partial charge in [0.15, 0.2) is 5.16 Å². The summed E-state index contributed by atoms with van der Waals surface area (Å²) >= 11 is 1.54. The Balaban J connectivity index is 1.66. The Labute approximate surface area is 123 Å². The molecule has 0 aliphatic carbocycles. The third-order valence-electron chi connectivity index (χ3n) is 3.14. The van der Waals surface area contributed by atoms with Crippen LogP contribution in [0.4, 0.5) is 0 Å². The van der Waals surface area contributed by atoms with Gasteiger partial charge < -0.3 is 4.42 Å². The number of hydrogen-bond acceptors (Lipinski definition) is 6. The van der Waals surface area contributed by atoms with Gasteiger partial charge in [-0.15, -0.1) is 15.3 Å². The van der Waals surface area contributed by atoms with Crippen molar-refractivity contribution in [2.24, 2.45) is 0 Å². The number of aromatic amines is 1. The van der Waals surface area contributed by atoms with Crippen LogP contribution in [0.15, 0.2) is 33.8 Å². The first-order valence-electron chi connectivity index (χ1n) is 6.61. The Morgan fingerprint density at radius 1 is 1.24 bits per heavy atom. The van der Waals surface area contributed by atoms with Crippen molar-refractivity contribution < 1.29 is 4.42 Å². The van der Waals surface area contributed by atoms with E-state index in [0.717, 1.165) is 28.4 Å². The van der Waals surface area contributed by atoms with Gasteiger partial charge in [0, 0.05) is 6.42 Å². The van der Waals surface area contributed by atoms with Gasteiger partial charge in [0.25, 0.3) is 0 Å². The second kappa shape index (κ2) is 4.88. The van der Waals surface area contributed by atoms with Crippen LogP contribution in [0.3, 0.4) is 0 Å². The SMILES string of the molecule is CCc1nnc(CSc2n[nH]c3nc4ccccc4n23)o1. The number of hydrogen-bond donors (Lipinski definition) is 1. The molecular formula is C13H12N6OS. The highest BCUT2D eigenvalue weighted by Gasteiger charge is 2.13. The number of H-pyrrole nitrogens is 1. The number of benzene rings is 1. The highest BCUT2D eigenvalue weighted by Crippen LogP contribution is 2.25. The fraction of sp³-hybridized carbons (Fsp3) is 0.231. The number of rotatable bonds is 4. The molecule has 3 heterocycles. The van der Waals surface area contributed by atoms with Crippen molar-refractivity contribution in [2.75, 3.05) is 0 Å². The number of para-hydroxylation sites is 2. The lowest BCUT2D eigenvalue weighted by Gasteiger charge is -1.96. The minimum atomic E-state index is 0.583. The third kappa shape index (κ3) is 2.07. The maximum absolute atomic E-state index is 5.51. The molecular weight excluding hydrogens is 288 g/mol. The van der Waals surface area contributed by atoms with Crippen molar-refractivity contribution in [1.29, 1.82) is 0 Å². The molecule has 4 rings (SSSR count). The maximum atomic E-state index is 5.51. The van der Waals surface area contributed by atoms with E-state index in [1.807, 2.05) is 35.6 Å². The summed E-state index contributed by atoms with van der Waals surface area (Å²) in [5.74, 6) is 2.58. The van der Waals surface area contributed by atoms with Gasteiger partial charge in [-0.2, -0.15) is 0 Å². The molecule has 0 aliphatic rings. The van der Waals surface area contributed by atoms with E-state index in [1.54, 1.807) is 0 Å². The van der Waals surface area contributed by atoms with Crippen LogP contribution in [0.5, 0.6) is 0 Å². The quantitative estimate of drug-likeness (QED) is 0.583. The number of imidazole rings is 1. The molecule has 0 radical (unpaired) electrons. The topological polar surface area (TPSA) is 84.9 Å². The lowest BCUT2D eigenvalue weighted by molar-refractivity contribution is 0.470. The molecule has 0 saturated heterocycles. The number of fused-ring (bicyclic) bond motifs is 3. The summed E-state index contributed by atoms with van der Waals surface area (Å²) in [7, 11) is 0. The van der Waals surface area contributed by atoms with Gasteiger partial charge in [-0.05, 0) is 12.1 Å². The van der Waals surface area contributed by atoms with Crippen LogP contribution in [-0.4, -0.2) is 29.8 Å². The second-order valence-corrected chi connectivity index (χ2v) is 5.44. The number of nitrogens with zero attached hydrogens (tertiary/aromatic N) is 5. The molecule has 3 aromatic heterocycles. The minimum absolute atomic E-state index is 0.583. The van der Waals surface area contributed by atoms with Crippen LogP contribution < -0.4 is 0 Å². The number of aromatic nitrogens is 6. The average molecular weight is 300 g/mol. The summed E-state index contributed by atoms with van der Waals surface area (Å²) in [6, 6.07) is 7.97. The normalized spacial score (nSPS) is 11.7. The van der Waals surface area contributed by atoms with Crippen molar-refractivity contribution in [3.8, 4) is 0 Å². The van der Waals surface area contributed by atoms with Crippen molar-refractivity contribution in [3.63, 3.8) is 0 Å². The highest BCUT2D eigenvalue weighted by molar-refractivity contribution is 7.98. The Morgan fingerprint density at radius 3 is 2.95 bits per heavy atom. The van der Waals surface area contributed by atoms with E-state index in [9.17, 15) is 0 Å². The molecule has 1 aromatic carbocycles. The smallest absolute Gasteiger partial charge is 0.231 e. The average Bonchev–Trinajstić information content (AvgIpc) is 3.20. The number of aryl methyl sites for hydroxylation is 1. The Bertz CT molecular complexity index is 908. The molecule has 0 bridgehead atoms. The fourth-order valence-electron chi connectivity index (χ4n) is 2.16. The summed E-state index contributed by atoms with van der Waals surface area (Å²) in [4.78, 5) is 4.49. The van der Waals surface area contributed by atoms with Crippen LogP contribution in [0.1, 0.15) is 18.7 Å². The lowest BCUT2D eigenvalue weighted by Crippen LogP contribution is -1.87. The van der Waals surface area contributed by atoms with E-state index in [-0.39, 0.29) is 0 Å². The summed E-state index contributed by atoms with van der Waals surface area (Å²) < 4.78 is 7.50. The molecule has 7 nitrogen and oxygen atoms in total. The predicted molar refractivity (Wildman–Crippen MR) is 78.1 cm³/mol. The van der Waals surface area contributed by atoms with E-state index in [2.05, 4.69) is 25.4 Å². The van der Waals surface area contributed by atoms with Crippen molar-refractivity contribution in [2.45, 2.75) is 24.3 Å². The molecule has 0 saturated carbocycles. The zero-order valence-corrected chi connectivity index (χ0v) is 12.1. The highest BCUT2D eigenvalue weighted by atomic mass is 32.2. The van der Waals surface area contributed by atoms with Gasteiger partial charge in [-0.1, -0.05) is 30.8 Å². The summed E-state index contributed by atoms with van der Waals surface area (Å²) in [6.07, 6.45) is 0.747. The van der Waals surface area contributed by atoms with Crippen LogP contribution >= 0.6 is 11.8 Å². The van der Waals surface area contributed by atoms with Crippen molar-refractivity contribution in [1.82, 2.24) is 29.8 Å². The Hall–Kier alpha value is -2.35. The lowest BCUT2D eigenvalue weighted by atomic mass is 10.3. The first-order chi connectivity index (χ1) is 10.3. The van der Waals surface area contributed by atoms with E-state index < -0.39 is 0 Å². The second-order valence-electron chi connectivity index (χ2n) is 4.50. The standard InChI is InChI=1S/C13H12N6OS/c1-2-10-15-16-11(20-10)7-21-13-18-17-12-14-8-5-3-4-6-9(8)19(12)13/h3-6H,2,7H2,1H3,(H,14,17). The molecule has 21 heavy (non-hydrogen) atoms. The third-order valence-corrected chi connectivity index (χ3v) is 4.06. The van der Waals surface area contributed by atoms with Crippen molar-refractivity contribution >= 4 is 28.6 Å². The van der Waals surface area contributed by atoms with Gasteiger partial charge >= 0.3 is 0 Å². The maximum Gasteiger partial charge on any atom is 0.231 e. The van der Waals surface area contributed by atoms with Gasteiger partial charge in [0.2, 0.25) is 17.6 Å². The van der Waals surface area contributed by atoms with Gasteiger partial charge in [0.05, 0.1) is 16.8 Å². The van der Waals surface area contributed by atoms with Gasteiger partial charge in [0.1, 0.15) is 0 Å². The summed E-state index contributed by atoms with van der Waals surface area (Å²) in [6.45, 7) is 1.99. The monoisotopic (exact) mass is 300 g/mol. The van der Waals surface area contributed by atoms with Crippen LogP contribution in [0, 0.1) is 0 Å². The molecule has 0 aliphatic heterocycles. The molecule has 0 spiro atoms. The summed E-state index contributed by atoms with van der Waals surface area (Å²) in [5.41, 5.74) is 1.97. The summed E-state index contributed by atoms with van der Waals surface area (Å²) in [5, 5.41) is 16.0. The van der Waals surface area contributed by atoms with E-state index in [4.69, 9.17) is 4.42 Å². The fourth-order valence-corrected chi connectivity index (χ4v) is 2.95. The Morgan fingerprint density at radius 2 is 2.10 bits per heavy atom. The molecule has 0 unspecified atom stereocenters. The zero-order valence-electron chi connectivity index (χ0n) is 11.3. The predicted octanol–water partition coefficient (Wildman–Crippen LogP) is 2.45. The van der Waals surface area contributed by atoms with Crippen molar-refractivity contribution in [3.05, 3.63) is 36.0 Å². The number of nitrogens with one attached hydrogen (secondary N) is 1. The van der Waals surface area contributed by atoms with Crippen LogP contribution in [-0.2, 0) is 12.2 Å². The molecule has 0 fully saturated rings. The molecule has 8 heteroatoms. The zero-order chi connectivity index (χ0) is 14.2. The van der Waals surface area contributed by atoms with Crippen LogP contribution in [0.25, 0.3) is 16.8 Å². The number of thioether (sulfide) groups is 1. The molecule has 0 amide bonds. The molecule has 106 valence electrons. The largest absolute Gasteiger partial charge is 0.424 e. The Kier molecular flexibility index (Phi) is 2.88. The van der Waals surface area contributed by atoms with E-state index in [1.165, 1.54) is 11.8 Å². The molecule has 4 aromatic rings. The van der Waals surface area contributed by atoms with E-state index in [0.29, 0.717) is 17.5 Å². The minimum Gasteiger partial charge on any atom is -0.424 e. The molecule has 1 N–H and O–H groups in total. The molecule has 0 atom stereocenters.